The summed E-state index contributed by atoms with van der Waals surface area (Å²) in [6.07, 6.45) is 1.25. The smallest absolute Gasteiger partial charge is 0.473 e. The third-order valence-electron chi connectivity index (χ3n) is 6.47. The van der Waals surface area contributed by atoms with E-state index in [2.05, 4.69) is 5.10 Å². The minimum atomic E-state index is -0.563. The van der Waals surface area contributed by atoms with E-state index in [9.17, 15) is 4.79 Å². The SMILES string of the molecule is Cc1nn(C)c(OC(C)[C@H]2CCCN2C(=O)OC(C)(C)C)c1B1OC(C)(C)C(C)(C)O1. The fourth-order valence-corrected chi connectivity index (χ4v) is 4.11. The van der Waals surface area contributed by atoms with Crippen molar-refractivity contribution in [3.63, 3.8) is 0 Å². The summed E-state index contributed by atoms with van der Waals surface area (Å²) in [5, 5.41) is 4.56. The van der Waals surface area contributed by atoms with Gasteiger partial charge in [0, 0.05) is 13.6 Å². The van der Waals surface area contributed by atoms with Gasteiger partial charge in [0.25, 0.3) is 0 Å². The monoisotopic (exact) mass is 435 g/mol. The topological polar surface area (TPSA) is 75.1 Å². The van der Waals surface area contributed by atoms with Gasteiger partial charge in [0.15, 0.2) is 0 Å². The lowest BCUT2D eigenvalue weighted by Gasteiger charge is -2.32. The molecule has 8 nitrogen and oxygen atoms in total. The molecule has 0 N–H and O–H groups in total. The average Bonchev–Trinajstić information content (AvgIpc) is 3.22. The van der Waals surface area contributed by atoms with Crippen LogP contribution in [0.1, 0.15) is 73.9 Å². The van der Waals surface area contributed by atoms with E-state index < -0.39 is 23.9 Å². The lowest BCUT2D eigenvalue weighted by atomic mass is 9.79. The molecule has 174 valence electrons. The third kappa shape index (κ3) is 4.72. The maximum atomic E-state index is 12.7. The molecule has 2 saturated heterocycles. The van der Waals surface area contributed by atoms with E-state index in [1.54, 1.807) is 9.58 Å². The molecule has 0 aliphatic carbocycles. The zero-order valence-corrected chi connectivity index (χ0v) is 20.7. The number of likely N-dealkylation sites (tertiary alicyclic amines) is 1. The molecule has 2 fully saturated rings. The first kappa shape index (κ1) is 23.9. The van der Waals surface area contributed by atoms with Crippen LogP contribution in [0.4, 0.5) is 4.79 Å². The Morgan fingerprint density at radius 3 is 2.35 bits per heavy atom. The molecule has 0 bridgehead atoms. The van der Waals surface area contributed by atoms with E-state index in [0.29, 0.717) is 12.4 Å². The number of hydrogen-bond acceptors (Lipinski definition) is 6. The number of nitrogens with zero attached hydrogens (tertiary/aromatic N) is 3. The number of aromatic nitrogens is 2. The molecule has 1 unspecified atom stereocenters. The van der Waals surface area contributed by atoms with Gasteiger partial charge in [-0.15, -0.1) is 0 Å². The number of hydrogen-bond donors (Lipinski definition) is 0. The van der Waals surface area contributed by atoms with Crippen LogP contribution in [0.15, 0.2) is 0 Å². The summed E-state index contributed by atoms with van der Waals surface area (Å²) < 4.78 is 26.3. The van der Waals surface area contributed by atoms with E-state index in [4.69, 9.17) is 18.8 Å². The second-order valence-corrected chi connectivity index (χ2v) is 10.7. The van der Waals surface area contributed by atoms with Gasteiger partial charge in [0.2, 0.25) is 5.88 Å². The Bertz CT molecular complexity index is 814. The van der Waals surface area contributed by atoms with Crippen molar-refractivity contribution in [1.29, 1.82) is 0 Å². The number of aryl methyl sites for hydroxylation is 2. The summed E-state index contributed by atoms with van der Waals surface area (Å²) in [6.45, 7) is 18.3. The Morgan fingerprint density at radius 2 is 1.81 bits per heavy atom. The second kappa shape index (κ2) is 7.99. The molecule has 1 amide bonds. The molecule has 0 aromatic carbocycles. The van der Waals surface area contributed by atoms with Crippen LogP contribution in [0.2, 0.25) is 0 Å². The van der Waals surface area contributed by atoms with Crippen molar-refractivity contribution in [3.05, 3.63) is 5.69 Å². The largest absolute Gasteiger partial charge is 0.502 e. The Kier molecular flexibility index (Phi) is 6.17. The molecule has 0 saturated carbocycles. The first-order chi connectivity index (χ1) is 14.1. The molecular formula is C22H38BN3O5. The van der Waals surface area contributed by atoms with Gasteiger partial charge >= 0.3 is 13.2 Å². The van der Waals surface area contributed by atoms with Crippen molar-refractivity contribution >= 4 is 18.7 Å². The fraction of sp³-hybridized carbons (Fsp3) is 0.818. The van der Waals surface area contributed by atoms with Gasteiger partial charge in [-0.1, -0.05) is 0 Å². The van der Waals surface area contributed by atoms with Gasteiger partial charge < -0.3 is 23.7 Å². The highest BCUT2D eigenvalue weighted by molar-refractivity contribution is 6.63. The third-order valence-corrected chi connectivity index (χ3v) is 6.47. The molecule has 0 spiro atoms. The fourth-order valence-electron chi connectivity index (χ4n) is 4.11. The zero-order valence-electron chi connectivity index (χ0n) is 20.7. The molecular weight excluding hydrogens is 397 g/mol. The molecule has 3 heterocycles. The van der Waals surface area contributed by atoms with Gasteiger partial charge in [-0.05, 0) is 75.2 Å². The van der Waals surface area contributed by atoms with Crippen LogP contribution in [0.3, 0.4) is 0 Å². The highest BCUT2D eigenvalue weighted by Gasteiger charge is 2.54. The van der Waals surface area contributed by atoms with Crippen LogP contribution < -0.4 is 10.2 Å². The summed E-state index contributed by atoms with van der Waals surface area (Å²) in [5.41, 5.74) is 0.162. The number of carbonyl (C=O) groups excluding carboxylic acids is 1. The minimum absolute atomic E-state index is 0.0730. The standard InChI is InChI=1S/C22H38BN3O5/c1-14-17(23-30-21(6,7)22(8,9)31-23)18(25(10)24-14)28-15(2)16-12-11-13-26(16)19(27)29-20(3,4)5/h15-16H,11-13H2,1-10H3/t15?,16-/m1/s1. The number of ether oxygens (including phenoxy) is 2. The van der Waals surface area contributed by atoms with Crippen molar-refractivity contribution in [1.82, 2.24) is 14.7 Å². The molecule has 0 radical (unpaired) electrons. The lowest BCUT2D eigenvalue weighted by molar-refractivity contribution is 0.00578. The summed E-state index contributed by atoms with van der Waals surface area (Å²) in [4.78, 5) is 14.5. The molecule has 2 aliphatic heterocycles. The molecule has 31 heavy (non-hydrogen) atoms. The van der Waals surface area contributed by atoms with Gasteiger partial charge in [0.1, 0.15) is 11.7 Å². The van der Waals surface area contributed by atoms with Gasteiger partial charge in [-0.3, -0.25) is 0 Å². The molecule has 2 atom stereocenters. The van der Waals surface area contributed by atoms with Crippen molar-refractivity contribution in [2.45, 2.75) is 104 Å². The Morgan fingerprint density at radius 1 is 1.23 bits per heavy atom. The van der Waals surface area contributed by atoms with Crippen LogP contribution >= 0.6 is 0 Å². The zero-order chi connectivity index (χ0) is 23.4. The predicted octanol–water partition coefficient (Wildman–Crippen LogP) is 3.19. The van der Waals surface area contributed by atoms with Gasteiger partial charge in [-0.2, -0.15) is 5.10 Å². The van der Waals surface area contributed by atoms with Gasteiger partial charge in [-0.25, -0.2) is 9.48 Å². The van der Waals surface area contributed by atoms with E-state index in [1.807, 2.05) is 69.4 Å². The molecule has 2 aliphatic rings. The van der Waals surface area contributed by atoms with Crippen LogP contribution in [-0.4, -0.2) is 63.4 Å². The van der Waals surface area contributed by atoms with Crippen LogP contribution in [0, 0.1) is 6.92 Å². The number of amides is 1. The number of rotatable bonds is 4. The first-order valence-corrected chi connectivity index (χ1v) is 11.2. The highest BCUT2D eigenvalue weighted by Crippen LogP contribution is 2.37. The molecule has 1 aromatic rings. The maximum Gasteiger partial charge on any atom is 0.502 e. The predicted molar refractivity (Wildman–Crippen MR) is 120 cm³/mol. The quantitative estimate of drug-likeness (QED) is 0.677. The Hall–Kier alpha value is -1.74. The average molecular weight is 435 g/mol. The Balaban J connectivity index is 1.81. The molecule has 9 heteroatoms. The summed E-state index contributed by atoms with van der Waals surface area (Å²) in [6, 6.07) is -0.0730. The highest BCUT2D eigenvalue weighted by atomic mass is 16.7. The van der Waals surface area contributed by atoms with Crippen molar-refractivity contribution in [3.8, 4) is 5.88 Å². The normalized spacial score (nSPS) is 23.9. The Labute approximate surface area is 186 Å². The van der Waals surface area contributed by atoms with Crippen LogP contribution in [0.25, 0.3) is 0 Å². The van der Waals surface area contributed by atoms with Crippen LogP contribution in [-0.2, 0) is 21.1 Å². The second-order valence-electron chi connectivity index (χ2n) is 10.7. The summed E-state index contributed by atoms with van der Waals surface area (Å²) >= 11 is 0. The van der Waals surface area contributed by atoms with E-state index in [-0.39, 0.29) is 18.2 Å². The van der Waals surface area contributed by atoms with E-state index in [1.165, 1.54) is 0 Å². The maximum absolute atomic E-state index is 12.7. The van der Waals surface area contributed by atoms with Crippen molar-refractivity contribution in [2.75, 3.05) is 6.54 Å². The molecule has 1 aromatic heterocycles. The van der Waals surface area contributed by atoms with Gasteiger partial charge in [0.05, 0.1) is 28.4 Å². The summed E-state index contributed by atoms with van der Waals surface area (Å²) in [7, 11) is 1.29. The van der Waals surface area contributed by atoms with Crippen molar-refractivity contribution in [2.24, 2.45) is 7.05 Å². The molecule has 3 rings (SSSR count). The number of carbonyl (C=O) groups is 1. The summed E-state index contributed by atoms with van der Waals surface area (Å²) in [5.74, 6) is 0.611. The lowest BCUT2D eigenvalue weighted by Crippen LogP contribution is -2.47. The van der Waals surface area contributed by atoms with Crippen molar-refractivity contribution < 1.29 is 23.6 Å². The minimum Gasteiger partial charge on any atom is -0.473 e. The van der Waals surface area contributed by atoms with Crippen LogP contribution in [0.5, 0.6) is 5.88 Å². The first-order valence-electron chi connectivity index (χ1n) is 11.2. The van der Waals surface area contributed by atoms with E-state index in [0.717, 1.165) is 24.0 Å². The van der Waals surface area contributed by atoms with E-state index >= 15 is 0 Å².